The third-order valence-corrected chi connectivity index (χ3v) is 0.905. The van der Waals surface area contributed by atoms with Crippen LogP contribution in [0.3, 0.4) is 0 Å². The lowest BCUT2D eigenvalue weighted by atomic mass is 10.4. The van der Waals surface area contributed by atoms with Gasteiger partial charge < -0.3 is 11.1 Å². The molecule has 0 saturated heterocycles. The number of nitrogens with one attached hydrogen (secondary N) is 1. The Bertz CT molecular complexity index is 150. The Labute approximate surface area is 60.6 Å². The molecule has 0 heterocycles. The number of carbonyl (C=O) groups is 1. The van der Waals surface area contributed by atoms with E-state index < -0.39 is 0 Å². The molecular formula is C7H12N2O. The molecule has 0 atom stereocenters. The highest BCUT2D eigenvalue weighted by atomic mass is 16.1. The average molecular weight is 140 g/mol. The van der Waals surface area contributed by atoms with Crippen LogP contribution in [0.5, 0.6) is 0 Å². The maximum atomic E-state index is 9.85. The monoisotopic (exact) mass is 140 g/mol. The lowest BCUT2D eigenvalue weighted by Gasteiger charge is -1.91. The van der Waals surface area contributed by atoms with Crippen LogP contribution in [0.25, 0.3) is 0 Å². The number of hydrogen-bond acceptors (Lipinski definition) is 2. The molecule has 0 spiro atoms. The van der Waals surface area contributed by atoms with E-state index in [-0.39, 0.29) is 0 Å². The third-order valence-electron chi connectivity index (χ3n) is 0.905. The van der Waals surface area contributed by atoms with Gasteiger partial charge in [-0.2, -0.15) is 0 Å². The first-order valence-corrected chi connectivity index (χ1v) is 3.05. The van der Waals surface area contributed by atoms with Crippen LogP contribution >= 0.6 is 0 Å². The maximum Gasteiger partial charge on any atom is 0.211 e. The second-order valence-electron chi connectivity index (χ2n) is 1.78. The highest BCUT2D eigenvalue weighted by Gasteiger charge is 1.78. The zero-order chi connectivity index (χ0) is 7.82. The maximum absolute atomic E-state index is 9.85. The third kappa shape index (κ3) is 5.05. The normalized spacial score (nSPS) is 12.0. The molecule has 0 aliphatic rings. The Hall–Kier alpha value is -1.09. The second kappa shape index (κ2) is 6.04. The van der Waals surface area contributed by atoms with E-state index in [1.54, 1.807) is 25.2 Å². The standard InChI is InChI=1S/C7H12N2O/c1-7(9-6-10)4-2-3-5-8/h2-4,6H,5,8H2,1H3,(H,9,10)/b3-2+,7-4-. The van der Waals surface area contributed by atoms with Crippen molar-refractivity contribution < 1.29 is 4.79 Å². The Morgan fingerprint density at radius 3 is 2.90 bits per heavy atom. The average Bonchev–Trinajstić information content (AvgIpc) is 1.89. The summed E-state index contributed by atoms with van der Waals surface area (Å²) in [4.78, 5) is 9.85. The zero-order valence-electron chi connectivity index (χ0n) is 6.00. The van der Waals surface area contributed by atoms with Crippen LogP contribution in [0, 0.1) is 0 Å². The Morgan fingerprint density at radius 1 is 1.70 bits per heavy atom. The molecule has 3 heteroatoms. The SMILES string of the molecule is C/C(=C/C=C/CN)NC=O. The van der Waals surface area contributed by atoms with E-state index in [2.05, 4.69) is 5.32 Å². The Balaban J connectivity index is 3.67. The van der Waals surface area contributed by atoms with Gasteiger partial charge in [0.25, 0.3) is 0 Å². The van der Waals surface area contributed by atoms with Gasteiger partial charge in [-0.1, -0.05) is 12.2 Å². The minimum atomic E-state index is 0.519. The summed E-state index contributed by atoms with van der Waals surface area (Å²) in [6.07, 6.45) is 6.02. The molecule has 56 valence electrons. The summed E-state index contributed by atoms with van der Waals surface area (Å²) in [5, 5.41) is 2.49. The fraction of sp³-hybridized carbons (Fsp3) is 0.286. The van der Waals surface area contributed by atoms with E-state index in [1.807, 2.05) is 0 Å². The molecule has 3 nitrogen and oxygen atoms in total. The smallest absolute Gasteiger partial charge is 0.211 e. The van der Waals surface area contributed by atoms with Gasteiger partial charge in [0.15, 0.2) is 0 Å². The van der Waals surface area contributed by atoms with Gasteiger partial charge >= 0.3 is 0 Å². The first-order valence-electron chi connectivity index (χ1n) is 3.05. The number of hydrogen-bond donors (Lipinski definition) is 2. The predicted molar refractivity (Wildman–Crippen MR) is 41.2 cm³/mol. The van der Waals surface area contributed by atoms with Crippen LogP contribution in [0.2, 0.25) is 0 Å². The summed E-state index contributed by atoms with van der Waals surface area (Å²) in [6.45, 7) is 2.32. The van der Waals surface area contributed by atoms with Crippen LogP contribution in [-0.4, -0.2) is 13.0 Å². The highest BCUT2D eigenvalue weighted by molar-refractivity contribution is 5.49. The topological polar surface area (TPSA) is 55.1 Å². The van der Waals surface area contributed by atoms with Gasteiger partial charge in [0, 0.05) is 12.2 Å². The second-order valence-corrected chi connectivity index (χ2v) is 1.78. The van der Waals surface area contributed by atoms with Crippen molar-refractivity contribution in [2.45, 2.75) is 6.92 Å². The zero-order valence-corrected chi connectivity index (χ0v) is 6.00. The van der Waals surface area contributed by atoms with Crippen LogP contribution in [0.4, 0.5) is 0 Å². The molecule has 0 bridgehead atoms. The lowest BCUT2D eigenvalue weighted by molar-refractivity contribution is -0.108. The molecule has 3 N–H and O–H groups in total. The fourth-order valence-corrected chi connectivity index (χ4v) is 0.432. The number of carbonyl (C=O) groups excluding carboxylic acids is 1. The first kappa shape index (κ1) is 8.91. The van der Waals surface area contributed by atoms with Gasteiger partial charge in [-0.05, 0) is 13.0 Å². The van der Waals surface area contributed by atoms with E-state index in [1.165, 1.54) is 0 Å². The number of allylic oxidation sites excluding steroid dienone is 3. The van der Waals surface area contributed by atoms with Crippen LogP contribution < -0.4 is 11.1 Å². The lowest BCUT2D eigenvalue weighted by Crippen LogP contribution is -2.06. The van der Waals surface area contributed by atoms with Crippen molar-refractivity contribution in [2.75, 3.05) is 6.54 Å². The van der Waals surface area contributed by atoms with Gasteiger partial charge in [0.05, 0.1) is 0 Å². The number of rotatable bonds is 4. The van der Waals surface area contributed by atoms with Crippen molar-refractivity contribution >= 4 is 6.41 Å². The molecule has 0 unspecified atom stereocenters. The highest BCUT2D eigenvalue weighted by Crippen LogP contribution is 1.84. The molecule has 0 aromatic rings. The van der Waals surface area contributed by atoms with Crippen molar-refractivity contribution in [3.63, 3.8) is 0 Å². The van der Waals surface area contributed by atoms with Crippen LogP contribution in [0.15, 0.2) is 23.9 Å². The van der Waals surface area contributed by atoms with Crippen molar-refractivity contribution in [3.05, 3.63) is 23.9 Å². The number of nitrogens with two attached hydrogens (primary N) is 1. The Kier molecular flexibility index (Phi) is 5.38. The van der Waals surface area contributed by atoms with Gasteiger partial charge in [0.2, 0.25) is 6.41 Å². The molecule has 0 rings (SSSR count). The molecule has 0 radical (unpaired) electrons. The summed E-state index contributed by atoms with van der Waals surface area (Å²) in [7, 11) is 0. The van der Waals surface area contributed by atoms with Gasteiger partial charge in [-0.15, -0.1) is 0 Å². The summed E-state index contributed by atoms with van der Waals surface area (Å²) < 4.78 is 0. The van der Waals surface area contributed by atoms with Gasteiger partial charge in [0.1, 0.15) is 0 Å². The predicted octanol–water partition coefficient (Wildman–Crippen LogP) is 0.151. The molecular weight excluding hydrogens is 128 g/mol. The molecule has 0 saturated carbocycles. The minimum Gasteiger partial charge on any atom is -0.333 e. The number of amides is 1. The molecule has 0 aromatic heterocycles. The van der Waals surface area contributed by atoms with Crippen molar-refractivity contribution in [2.24, 2.45) is 5.73 Å². The van der Waals surface area contributed by atoms with E-state index in [0.717, 1.165) is 5.70 Å². The van der Waals surface area contributed by atoms with Crippen molar-refractivity contribution in [1.82, 2.24) is 5.32 Å². The van der Waals surface area contributed by atoms with E-state index in [9.17, 15) is 4.79 Å². The quantitative estimate of drug-likeness (QED) is 0.431. The van der Waals surface area contributed by atoms with E-state index in [0.29, 0.717) is 13.0 Å². The van der Waals surface area contributed by atoms with E-state index in [4.69, 9.17) is 5.73 Å². The summed E-state index contributed by atoms with van der Waals surface area (Å²) in [5.74, 6) is 0. The molecule has 0 aliphatic heterocycles. The summed E-state index contributed by atoms with van der Waals surface area (Å²) in [6, 6.07) is 0. The first-order chi connectivity index (χ1) is 4.81. The van der Waals surface area contributed by atoms with Crippen LogP contribution in [-0.2, 0) is 4.79 Å². The molecule has 0 aliphatic carbocycles. The Morgan fingerprint density at radius 2 is 2.40 bits per heavy atom. The minimum absolute atomic E-state index is 0.519. The van der Waals surface area contributed by atoms with E-state index >= 15 is 0 Å². The molecule has 1 amide bonds. The largest absolute Gasteiger partial charge is 0.333 e. The molecule has 10 heavy (non-hydrogen) atoms. The van der Waals surface area contributed by atoms with Crippen LogP contribution in [0.1, 0.15) is 6.92 Å². The van der Waals surface area contributed by atoms with Crippen molar-refractivity contribution in [1.29, 1.82) is 0 Å². The fourth-order valence-electron chi connectivity index (χ4n) is 0.432. The summed E-state index contributed by atoms with van der Waals surface area (Å²) >= 11 is 0. The van der Waals surface area contributed by atoms with Gasteiger partial charge in [-0.25, -0.2) is 0 Å². The molecule has 0 aromatic carbocycles. The summed E-state index contributed by atoms with van der Waals surface area (Å²) in [5.41, 5.74) is 5.99. The van der Waals surface area contributed by atoms with Crippen molar-refractivity contribution in [3.8, 4) is 0 Å². The van der Waals surface area contributed by atoms with Gasteiger partial charge in [-0.3, -0.25) is 4.79 Å². The molecule has 0 fully saturated rings.